The van der Waals surface area contributed by atoms with E-state index in [0.29, 0.717) is 19.5 Å². The zero-order valence-electron chi connectivity index (χ0n) is 16.6. The number of hydrogen-bond donors (Lipinski definition) is 2. The van der Waals surface area contributed by atoms with Crippen LogP contribution >= 0.6 is 12.6 Å². The fourth-order valence-corrected chi connectivity index (χ4v) is 3.81. The van der Waals surface area contributed by atoms with E-state index in [4.69, 9.17) is 9.84 Å². The molecule has 0 spiro atoms. The van der Waals surface area contributed by atoms with Gasteiger partial charge in [-0.05, 0) is 18.1 Å². The molecule has 1 aliphatic rings. The molecule has 0 radical (unpaired) electrons. The quantitative estimate of drug-likeness (QED) is 0.516. The number of halogens is 1. The highest BCUT2D eigenvalue weighted by Crippen LogP contribution is 2.32. The summed E-state index contributed by atoms with van der Waals surface area (Å²) in [4.78, 5) is 25.1. The van der Waals surface area contributed by atoms with Crippen molar-refractivity contribution < 1.29 is 23.8 Å². The van der Waals surface area contributed by atoms with Crippen LogP contribution in [0.3, 0.4) is 0 Å². The Morgan fingerprint density at radius 3 is 2.90 bits per heavy atom. The van der Waals surface area contributed by atoms with E-state index >= 15 is 0 Å². The molecule has 160 valence electrons. The lowest BCUT2D eigenvalue weighted by Gasteiger charge is -2.36. The van der Waals surface area contributed by atoms with Crippen molar-refractivity contribution in [2.24, 2.45) is 0 Å². The maximum absolute atomic E-state index is 14.4. The summed E-state index contributed by atoms with van der Waals surface area (Å²) in [6.07, 6.45) is 6.03. The number of carboxylic acids is 1. The number of rotatable bonds is 7. The Balaban J connectivity index is 1.83. The molecule has 7 nitrogen and oxygen atoms in total. The topological polar surface area (TPSA) is 84.7 Å². The van der Waals surface area contributed by atoms with Crippen LogP contribution in [-0.2, 0) is 20.9 Å². The Hall–Kier alpha value is -2.65. The highest BCUT2D eigenvalue weighted by Gasteiger charge is 2.34. The van der Waals surface area contributed by atoms with E-state index in [0.717, 1.165) is 11.1 Å². The van der Waals surface area contributed by atoms with Crippen LogP contribution < -0.4 is 0 Å². The molecule has 1 saturated heterocycles. The Morgan fingerprint density at radius 1 is 1.43 bits per heavy atom. The van der Waals surface area contributed by atoms with E-state index in [9.17, 15) is 14.0 Å². The van der Waals surface area contributed by atoms with Gasteiger partial charge in [-0.25, -0.2) is 9.18 Å². The predicted octanol–water partition coefficient (Wildman–Crippen LogP) is 2.80. The van der Waals surface area contributed by atoms with Crippen molar-refractivity contribution in [3.05, 3.63) is 59.2 Å². The number of piperidine rings is 1. The molecule has 1 aromatic carbocycles. The second-order valence-corrected chi connectivity index (χ2v) is 7.75. The number of likely N-dealkylation sites (tertiary alicyclic amines) is 1. The number of carbonyl (C=O) groups is 2. The first-order valence-electron chi connectivity index (χ1n) is 9.58. The number of esters is 1. The Kier molecular flexibility index (Phi) is 7.28. The largest absolute Gasteiger partial charge is 0.481 e. The number of aliphatic carboxylic acids is 1. The van der Waals surface area contributed by atoms with Gasteiger partial charge in [0, 0.05) is 35.7 Å². The third-order valence-corrected chi connectivity index (χ3v) is 5.64. The average molecular weight is 434 g/mol. The molecular formula is C21H24FN3O4S. The number of aromatic nitrogens is 2. The smallest absolute Gasteiger partial charge is 0.327 e. The highest BCUT2D eigenvalue weighted by molar-refractivity contribution is 7.81. The van der Waals surface area contributed by atoms with Gasteiger partial charge in [-0.3, -0.25) is 14.4 Å². The van der Waals surface area contributed by atoms with Crippen LogP contribution in [0.1, 0.15) is 30.0 Å². The van der Waals surface area contributed by atoms with Crippen molar-refractivity contribution >= 4 is 30.6 Å². The molecule has 30 heavy (non-hydrogen) atoms. The minimum Gasteiger partial charge on any atom is -0.481 e. The molecule has 1 aromatic heterocycles. The number of carboxylic acid groups (broad SMARTS) is 1. The molecular weight excluding hydrogens is 409 g/mol. The minimum absolute atomic E-state index is 0.00981. The third kappa shape index (κ3) is 5.28. The molecule has 3 rings (SSSR count). The van der Waals surface area contributed by atoms with E-state index in [-0.39, 0.29) is 23.8 Å². The van der Waals surface area contributed by atoms with E-state index in [2.05, 4.69) is 17.7 Å². The SMILES string of the molecule is COC(=O)C(c1ccccc1F)N1CCC(S)/C(=C/c2cnn(CCC(=O)O)c2)C1. The number of benzene rings is 1. The zero-order valence-corrected chi connectivity index (χ0v) is 17.5. The van der Waals surface area contributed by atoms with Crippen LogP contribution in [0.2, 0.25) is 0 Å². The molecule has 9 heteroatoms. The fourth-order valence-electron chi connectivity index (χ4n) is 3.54. The Labute approximate surface area is 179 Å². The van der Waals surface area contributed by atoms with Gasteiger partial charge in [0.05, 0.1) is 26.3 Å². The van der Waals surface area contributed by atoms with Gasteiger partial charge in [0.1, 0.15) is 11.9 Å². The number of ether oxygens (including phenoxy) is 1. The summed E-state index contributed by atoms with van der Waals surface area (Å²) in [5.41, 5.74) is 2.06. The van der Waals surface area contributed by atoms with Crippen molar-refractivity contribution in [3.8, 4) is 0 Å². The van der Waals surface area contributed by atoms with Gasteiger partial charge >= 0.3 is 11.9 Å². The Morgan fingerprint density at radius 2 is 2.20 bits per heavy atom. The summed E-state index contributed by atoms with van der Waals surface area (Å²) in [6.45, 7) is 1.27. The number of thiol groups is 1. The summed E-state index contributed by atoms with van der Waals surface area (Å²) >= 11 is 4.66. The van der Waals surface area contributed by atoms with Gasteiger partial charge in [-0.15, -0.1) is 0 Å². The van der Waals surface area contributed by atoms with Gasteiger partial charge < -0.3 is 9.84 Å². The lowest BCUT2D eigenvalue weighted by Crippen LogP contribution is -2.42. The summed E-state index contributed by atoms with van der Waals surface area (Å²) in [7, 11) is 1.30. The molecule has 2 aromatic rings. The van der Waals surface area contributed by atoms with E-state index in [1.807, 2.05) is 11.0 Å². The van der Waals surface area contributed by atoms with E-state index < -0.39 is 23.8 Å². The maximum atomic E-state index is 14.4. The monoisotopic (exact) mass is 433 g/mol. The molecule has 2 heterocycles. The van der Waals surface area contributed by atoms with Gasteiger partial charge in [0.2, 0.25) is 0 Å². The van der Waals surface area contributed by atoms with Gasteiger partial charge in [-0.1, -0.05) is 24.3 Å². The molecule has 0 aliphatic carbocycles. The number of nitrogens with zero attached hydrogens (tertiary/aromatic N) is 3. The molecule has 0 saturated carbocycles. The summed E-state index contributed by atoms with van der Waals surface area (Å²) < 4.78 is 21.0. The first kappa shape index (κ1) is 22.0. The lowest BCUT2D eigenvalue weighted by molar-refractivity contribution is -0.147. The van der Waals surface area contributed by atoms with Crippen molar-refractivity contribution in [1.29, 1.82) is 0 Å². The Bertz CT molecular complexity index is 946. The molecule has 0 bridgehead atoms. The lowest BCUT2D eigenvalue weighted by atomic mass is 9.97. The standard InChI is InChI=1S/C21H24FN3O4S/c1-29-21(28)20(16-4-2-3-5-17(16)22)24-8-6-18(30)15(13-24)10-14-11-23-25(12-14)9-7-19(26)27/h2-5,10-12,18,20,30H,6-9,13H2,1H3,(H,26,27)/b15-10+. The minimum atomic E-state index is -0.884. The molecule has 0 amide bonds. The summed E-state index contributed by atoms with van der Waals surface area (Å²) in [6, 6.07) is 5.36. The average Bonchev–Trinajstić information content (AvgIpc) is 3.17. The number of hydrogen-bond acceptors (Lipinski definition) is 6. The van der Waals surface area contributed by atoms with E-state index in [1.165, 1.54) is 13.2 Å². The van der Waals surface area contributed by atoms with Crippen molar-refractivity contribution in [2.45, 2.75) is 30.7 Å². The van der Waals surface area contributed by atoms with Crippen molar-refractivity contribution in [2.75, 3.05) is 20.2 Å². The number of methoxy groups -OCH3 is 1. The van der Waals surface area contributed by atoms with Gasteiger partial charge in [-0.2, -0.15) is 17.7 Å². The molecule has 2 unspecified atom stereocenters. The van der Waals surface area contributed by atoms with Crippen molar-refractivity contribution in [3.63, 3.8) is 0 Å². The van der Waals surface area contributed by atoms with Crippen LogP contribution in [0.4, 0.5) is 4.39 Å². The van der Waals surface area contributed by atoms with Crippen LogP contribution in [0.5, 0.6) is 0 Å². The summed E-state index contributed by atoms with van der Waals surface area (Å²) in [5, 5.41) is 13.0. The first-order valence-corrected chi connectivity index (χ1v) is 10.1. The first-order chi connectivity index (χ1) is 14.4. The van der Waals surface area contributed by atoms with E-state index in [1.54, 1.807) is 35.3 Å². The van der Waals surface area contributed by atoms with Crippen LogP contribution in [0.15, 0.2) is 42.2 Å². The van der Waals surface area contributed by atoms with Crippen molar-refractivity contribution in [1.82, 2.24) is 14.7 Å². The highest BCUT2D eigenvalue weighted by atomic mass is 32.1. The van der Waals surface area contributed by atoms with Crippen LogP contribution in [-0.4, -0.2) is 57.2 Å². The van der Waals surface area contributed by atoms with Gasteiger partial charge in [0.15, 0.2) is 0 Å². The summed E-state index contributed by atoms with van der Waals surface area (Å²) in [5.74, 6) is -1.85. The van der Waals surface area contributed by atoms with Crippen LogP contribution in [0.25, 0.3) is 6.08 Å². The van der Waals surface area contributed by atoms with Gasteiger partial charge in [0.25, 0.3) is 0 Å². The second-order valence-electron chi connectivity index (χ2n) is 7.12. The molecule has 1 N–H and O–H groups in total. The molecule has 2 atom stereocenters. The second kappa shape index (κ2) is 9.90. The molecule has 1 aliphatic heterocycles. The zero-order chi connectivity index (χ0) is 21.7. The predicted molar refractivity (Wildman–Crippen MR) is 113 cm³/mol. The third-order valence-electron chi connectivity index (χ3n) is 5.05. The van der Waals surface area contributed by atoms with Crippen LogP contribution in [0, 0.1) is 5.82 Å². The molecule has 1 fully saturated rings. The fraction of sp³-hybridized carbons (Fsp3) is 0.381. The number of aryl methyl sites for hydroxylation is 1. The number of carbonyl (C=O) groups excluding carboxylic acids is 1. The maximum Gasteiger partial charge on any atom is 0.327 e. The normalized spacial score (nSPS) is 19.6.